The maximum atomic E-state index is 12.0. The van der Waals surface area contributed by atoms with Crippen LogP contribution in [0, 0.1) is 0 Å². The summed E-state index contributed by atoms with van der Waals surface area (Å²) in [6, 6.07) is 11.1. The summed E-state index contributed by atoms with van der Waals surface area (Å²) in [4.78, 5) is 25.4. The van der Waals surface area contributed by atoms with Crippen LogP contribution in [0.2, 0.25) is 0 Å². The highest BCUT2D eigenvalue weighted by molar-refractivity contribution is 5.90. The van der Waals surface area contributed by atoms with E-state index in [0.29, 0.717) is 12.4 Å². The van der Waals surface area contributed by atoms with Crippen LogP contribution >= 0.6 is 0 Å². The van der Waals surface area contributed by atoms with Crippen molar-refractivity contribution in [3.63, 3.8) is 0 Å². The predicted molar refractivity (Wildman–Crippen MR) is 86.5 cm³/mol. The van der Waals surface area contributed by atoms with Gasteiger partial charge in [0.2, 0.25) is 0 Å². The smallest absolute Gasteiger partial charge is 0.327 e. The lowest BCUT2D eigenvalue weighted by Gasteiger charge is -2.26. The fourth-order valence-electron chi connectivity index (χ4n) is 3.47. The average Bonchev–Trinajstić information content (AvgIpc) is 3.22. The van der Waals surface area contributed by atoms with E-state index >= 15 is 0 Å². The monoisotopic (exact) mass is 308 g/mol. The fourth-order valence-corrected chi connectivity index (χ4v) is 3.47. The summed E-state index contributed by atoms with van der Waals surface area (Å²) in [6.07, 6.45) is 4.06. The SMILES string of the molecule is O=C(O)[C@@H]1[C@@H](c2ccccc2)CCN1c1ncnc2[nH]ccc12. The number of rotatable bonds is 3. The molecule has 1 aromatic carbocycles. The average molecular weight is 308 g/mol. The molecule has 2 N–H and O–H groups in total. The number of aromatic amines is 1. The Kier molecular flexibility index (Phi) is 3.22. The molecule has 4 rings (SSSR count). The van der Waals surface area contributed by atoms with Gasteiger partial charge in [-0.15, -0.1) is 0 Å². The highest BCUT2D eigenvalue weighted by atomic mass is 16.4. The van der Waals surface area contributed by atoms with Gasteiger partial charge in [-0.2, -0.15) is 0 Å². The van der Waals surface area contributed by atoms with E-state index in [1.807, 2.05) is 41.3 Å². The Hall–Kier alpha value is -2.89. The third-order valence-electron chi connectivity index (χ3n) is 4.48. The molecule has 23 heavy (non-hydrogen) atoms. The van der Waals surface area contributed by atoms with Gasteiger partial charge in [0.15, 0.2) is 0 Å². The minimum Gasteiger partial charge on any atom is -0.480 e. The molecule has 3 aromatic rings. The zero-order valence-electron chi connectivity index (χ0n) is 12.4. The molecule has 1 aliphatic rings. The van der Waals surface area contributed by atoms with Crippen molar-refractivity contribution in [2.24, 2.45) is 0 Å². The molecule has 0 aliphatic carbocycles. The normalized spacial score (nSPS) is 21.0. The van der Waals surface area contributed by atoms with Crippen LogP contribution in [-0.4, -0.2) is 38.6 Å². The number of carboxylic acids is 1. The molecule has 0 radical (unpaired) electrons. The topological polar surface area (TPSA) is 82.1 Å². The van der Waals surface area contributed by atoms with E-state index in [1.165, 1.54) is 6.33 Å². The Morgan fingerprint density at radius 2 is 2.04 bits per heavy atom. The highest BCUT2D eigenvalue weighted by Crippen LogP contribution is 2.37. The van der Waals surface area contributed by atoms with Gasteiger partial charge < -0.3 is 15.0 Å². The minimum atomic E-state index is -0.821. The van der Waals surface area contributed by atoms with Crippen molar-refractivity contribution in [2.75, 3.05) is 11.4 Å². The van der Waals surface area contributed by atoms with E-state index in [9.17, 15) is 9.90 Å². The van der Waals surface area contributed by atoms with E-state index in [1.54, 1.807) is 6.20 Å². The molecule has 116 valence electrons. The van der Waals surface area contributed by atoms with E-state index in [4.69, 9.17) is 0 Å². The van der Waals surface area contributed by atoms with Crippen molar-refractivity contribution in [1.29, 1.82) is 0 Å². The molecule has 0 spiro atoms. The van der Waals surface area contributed by atoms with Gasteiger partial charge in [-0.3, -0.25) is 0 Å². The minimum absolute atomic E-state index is 0.0438. The molecule has 6 heteroatoms. The van der Waals surface area contributed by atoms with Gasteiger partial charge in [-0.25, -0.2) is 14.8 Å². The Balaban J connectivity index is 1.77. The number of fused-ring (bicyclic) bond motifs is 1. The molecule has 2 aromatic heterocycles. The van der Waals surface area contributed by atoms with Gasteiger partial charge in [0.05, 0.1) is 5.39 Å². The van der Waals surface area contributed by atoms with Crippen LogP contribution in [0.1, 0.15) is 17.9 Å². The van der Waals surface area contributed by atoms with E-state index in [2.05, 4.69) is 15.0 Å². The maximum Gasteiger partial charge on any atom is 0.327 e. The first kappa shape index (κ1) is 13.8. The Morgan fingerprint density at radius 3 is 2.83 bits per heavy atom. The molecule has 1 aliphatic heterocycles. The van der Waals surface area contributed by atoms with Crippen molar-refractivity contribution in [3.8, 4) is 0 Å². The van der Waals surface area contributed by atoms with Gasteiger partial charge >= 0.3 is 5.97 Å². The molecule has 3 heterocycles. The molecule has 0 bridgehead atoms. The molecular formula is C17H16N4O2. The van der Waals surface area contributed by atoms with Gasteiger partial charge in [-0.05, 0) is 18.1 Å². The third-order valence-corrected chi connectivity index (χ3v) is 4.48. The van der Waals surface area contributed by atoms with Crippen LogP contribution in [0.25, 0.3) is 11.0 Å². The van der Waals surface area contributed by atoms with Crippen molar-refractivity contribution < 1.29 is 9.90 Å². The number of H-pyrrole nitrogens is 1. The van der Waals surface area contributed by atoms with Crippen LogP contribution in [-0.2, 0) is 4.79 Å². The summed E-state index contributed by atoms with van der Waals surface area (Å²) in [7, 11) is 0. The van der Waals surface area contributed by atoms with Crippen LogP contribution in [0.4, 0.5) is 5.82 Å². The zero-order chi connectivity index (χ0) is 15.8. The largest absolute Gasteiger partial charge is 0.480 e. The number of carbonyl (C=O) groups is 1. The van der Waals surface area contributed by atoms with Crippen molar-refractivity contribution >= 4 is 22.8 Å². The predicted octanol–water partition coefficient (Wildman–Crippen LogP) is 2.41. The van der Waals surface area contributed by atoms with Crippen LogP contribution in [0.15, 0.2) is 48.9 Å². The lowest BCUT2D eigenvalue weighted by Crippen LogP contribution is -2.39. The fraction of sp³-hybridized carbons (Fsp3) is 0.235. The summed E-state index contributed by atoms with van der Waals surface area (Å²) in [6.45, 7) is 0.661. The van der Waals surface area contributed by atoms with Crippen LogP contribution in [0.5, 0.6) is 0 Å². The molecular weight excluding hydrogens is 292 g/mol. The third kappa shape index (κ3) is 2.23. The summed E-state index contributed by atoms with van der Waals surface area (Å²) in [5, 5.41) is 10.7. The molecule has 1 saturated heterocycles. The number of aromatic nitrogens is 3. The molecule has 0 saturated carbocycles. The number of carboxylic acid groups (broad SMARTS) is 1. The second kappa shape index (κ2) is 5.39. The zero-order valence-corrected chi connectivity index (χ0v) is 12.4. The second-order valence-corrected chi connectivity index (χ2v) is 5.72. The number of nitrogens with one attached hydrogen (secondary N) is 1. The first-order valence-electron chi connectivity index (χ1n) is 7.58. The number of nitrogens with zero attached hydrogens (tertiary/aromatic N) is 3. The first-order valence-corrected chi connectivity index (χ1v) is 7.58. The van der Waals surface area contributed by atoms with Crippen LogP contribution in [0.3, 0.4) is 0 Å². The van der Waals surface area contributed by atoms with Gasteiger partial charge in [0.1, 0.15) is 23.8 Å². The lowest BCUT2D eigenvalue weighted by atomic mass is 9.92. The van der Waals surface area contributed by atoms with Gasteiger partial charge in [0.25, 0.3) is 0 Å². The lowest BCUT2D eigenvalue weighted by molar-refractivity contribution is -0.138. The Labute approximate surface area is 132 Å². The molecule has 0 amide bonds. The molecule has 2 atom stereocenters. The number of aliphatic carboxylic acids is 1. The van der Waals surface area contributed by atoms with Crippen molar-refractivity contribution in [2.45, 2.75) is 18.4 Å². The standard InChI is InChI=1S/C17H16N4O2/c22-17(23)14-12(11-4-2-1-3-5-11)7-9-21(14)16-13-6-8-18-15(13)19-10-20-16/h1-6,8,10,12,14H,7,9H2,(H,22,23)(H,18,19,20)/t12-,14+/m1/s1. The molecule has 1 fully saturated rings. The van der Waals surface area contributed by atoms with E-state index in [0.717, 1.165) is 23.0 Å². The summed E-state index contributed by atoms with van der Waals surface area (Å²) < 4.78 is 0. The quantitative estimate of drug-likeness (QED) is 0.776. The maximum absolute atomic E-state index is 12.0. The molecule has 0 unspecified atom stereocenters. The van der Waals surface area contributed by atoms with Crippen LogP contribution < -0.4 is 4.90 Å². The Bertz CT molecular complexity index is 846. The van der Waals surface area contributed by atoms with E-state index < -0.39 is 12.0 Å². The van der Waals surface area contributed by atoms with E-state index in [-0.39, 0.29) is 5.92 Å². The number of hydrogen-bond acceptors (Lipinski definition) is 4. The van der Waals surface area contributed by atoms with Crippen molar-refractivity contribution in [1.82, 2.24) is 15.0 Å². The number of benzene rings is 1. The number of anilines is 1. The number of hydrogen-bond donors (Lipinski definition) is 2. The van der Waals surface area contributed by atoms with Gasteiger partial charge in [-0.1, -0.05) is 30.3 Å². The molecule has 6 nitrogen and oxygen atoms in total. The Morgan fingerprint density at radius 1 is 1.22 bits per heavy atom. The first-order chi connectivity index (χ1) is 11.3. The van der Waals surface area contributed by atoms with Gasteiger partial charge in [0, 0.05) is 18.7 Å². The summed E-state index contributed by atoms with van der Waals surface area (Å²) in [5.41, 5.74) is 1.78. The second-order valence-electron chi connectivity index (χ2n) is 5.72. The summed E-state index contributed by atoms with van der Waals surface area (Å²) >= 11 is 0. The summed E-state index contributed by atoms with van der Waals surface area (Å²) in [5.74, 6) is -0.182. The van der Waals surface area contributed by atoms with Crippen molar-refractivity contribution in [3.05, 3.63) is 54.5 Å². The highest BCUT2D eigenvalue weighted by Gasteiger charge is 2.41.